The largest absolute Gasteiger partial charge is 0.311 e. The molecule has 6 heteroatoms. The van der Waals surface area contributed by atoms with Crippen molar-refractivity contribution in [3.63, 3.8) is 0 Å². The summed E-state index contributed by atoms with van der Waals surface area (Å²) in [5, 5.41) is 18.6. The quantitative estimate of drug-likeness (QED) is 0.152. The molecule has 90 heavy (non-hydrogen) atoms. The van der Waals surface area contributed by atoms with Crippen LogP contribution in [0.25, 0.3) is 139 Å². The molecule has 6 nitrogen and oxygen atoms in total. The lowest BCUT2D eigenvalue weighted by atomic mass is 9.89. The summed E-state index contributed by atoms with van der Waals surface area (Å²) in [7, 11) is 0. The molecule has 0 radical (unpaired) electrons. The third-order valence-corrected chi connectivity index (χ3v) is 19.2. The van der Waals surface area contributed by atoms with Gasteiger partial charge in [-0.3, -0.25) is 8.97 Å². The molecule has 5 heterocycles. The molecule has 0 saturated carbocycles. The molecule has 0 N–H and O–H groups in total. The van der Waals surface area contributed by atoms with Crippen molar-refractivity contribution in [1.82, 2.24) is 18.1 Å². The minimum atomic E-state index is -0.135. The Morgan fingerprint density at radius 1 is 0.300 bits per heavy atom. The summed E-state index contributed by atoms with van der Waals surface area (Å²) >= 11 is 0. The van der Waals surface area contributed by atoms with Crippen molar-refractivity contribution in [2.75, 3.05) is 4.90 Å². The second-order valence-electron chi connectivity index (χ2n) is 23.9. The average Bonchev–Trinajstić information content (AvgIpc) is 1.52. The van der Waals surface area contributed by atoms with Gasteiger partial charge in [0.05, 0.1) is 73.0 Å². The van der Waals surface area contributed by atoms with E-state index in [2.05, 4.69) is 338 Å². The molecule has 0 spiro atoms. The number of benzene rings is 13. The molecule has 0 amide bonds. The fourth-order valence-electron chi connectivity index (χ4n) is 15.2. The fourth-order valence-corrected chi connectivity index (χ4v) is 15.2. The van der Waals surface area contributed by atoms with E-state index in [9.17, 15) is 5.26 Å². The number of fused-ring (bicyclic) bond motifs is 16. The van der Waals surface area contributed by atoms with Crippen LogP contribution < -0.4 is 4.90 Å². The first kappa shape index (κ1) is 50.0. The van der Waals surface area contributed by atoms with E-state index in [1.165, 1.54) is 27.8 Å². The van der Waals surface area contributed by atoms with Gasteiger partial charge in [0, 0.05) is 32.6 Å². The Balaban J connectivity index is 1.000. The number of rotatable bonds is 8. The van der Waals surface area contributed by atoms with Gasteiger partial charge in [0.25, 0.3) is 0 Å². The number of allylic oxidation sites excluding steroid dienone is 1. The van der Waals surface area contributed by atoms with Crippen LogP contribution >= 0.6 is 0 Å². The Morgan fingerprint density at radius 3 is 1.26 bits per heavy atom. The van der Waals surface area contributed by atoms with Gasteiger partial charge in [-0.25, -0.2) is 0 Å². The van der Waals surface area contributed by atoms with Gasteiger partial charge in [-0.15, -0.1) is 0 Å². The Labute approximate surface area is 518 Å². The summed E-state index contributed by atoms with van der Waals surface area (Å²) in [6, 6.07) is 113. The SMILES string of the molecule is N#Cc1c(-n2c3ccccc3c3ccccc32)c(N2C3=Cc4ccc(-c5ccccc5)cc4C3c3cc(-c4ccccc4)ccc32)cc(-n2c3ccc(-c4ccccc4)cc3n3c4cc(-c5ccccc5)ccc4cc23)c1-n1c2ccccc2c2ccccc21. The molecule has 0 saturated heterocycles. The van der Waals surface area contributed by atoms with Crippen LogP contribution in [0.5, 0.6) is 0 Å². The van der Waals surface area contributed by atoms with Crippen molar-refractivity contribution in [3.05, 3.63) is 331 Å². The van der Waals surface area contributed by atoms with Crippen LogP contribution in [0.1, 0.15) is 28.2 Å². The third-order valence-electron chi connectivity index (χ3n) is 19.2. The molecular weight excluding hydrogens is 1090 g/mol. The molecule has 1 atom stereocenters. The van der Waals surface area contributed by atoms with Crippen LogP contribution in [0.15, 0.2) is 309 Å². The molecule has 1 aliphatic heterocycles. The van der Waals surface area contributed by atoms with E-state index in [-0.39, 0.29) is 5.92 Å². The Morgan fingerprint density at radius 2 is 0.733 bits per heavy atom. The van der Waals surface area contributed by atoms with Crippen molar-refractivity contribution < 1.29 is 0 Å². The van der Waals surface area contributed by atoms with Crippen LogP contribution in [-0.2, 0) is 0 Å². The van der Waals surface area contributed by atoms with Crippen LogP contribution in [0.2, 0.25) is 0 Å². The van der Waals surface area contributed by atoms with Gasteiger partial charge in [-0.2, -0.15) is 5.26 Å². The summed E-state index contributed by atoms with van der Waals surface area (Å²) in [5.74, 6) is -0.135. The van der Waals surface area contributed by atoms with Crippen LogP contribution in [-0.4, -0.2) is 18.1 Å². The van der Waals surface area contributed by atoms with Crippen molar-refractivity contribution in [3.8, 4) is 67.6 Å². The topological polar surface area (TPSA) is 46.2 Å². The lowest BCUT2D eigenvalue weighted by molar-refractivity contribution is 0.997. The maximum absolute atomic E-state index is 13.0. The van der Waals surface area contributed by atoms with Gasteiger partial charge in [0.2, 0.25) is 0 Å². The molecule has 4 aromatic heterocycles. The average molecular weight is 1150 g/mol. The highest BCUT2D eigenvalue weighted by Gasteiger charge is 2.43. The number of nitriles is 1. The second-order valence-corrected chi connectivity index (χ2v) is 23.9. The van der Waals surface area contributed by atoms with Crippen LogP contribution in [0, 0.1) is 11.3 Å². The Hall–Kier alpha value is -12.2. The van der Waals surface area contributed by atoms with Gasteiger partial charge in [-0.1, -0.05) is 231 Å². The maximum atomic E-state index is 13.0. The molecule has 1 unspecified atom stereocenters. The van der Waals surface area contributed by atoms with Gasteiger partial charge in [0.15, 0.2) is 0 Å². The van der Waals surface area contributed by atoms with Crippen LogP contribution in [0.4, 0.5) is 11.4 Å². The number of aromatic nitrogens is 4. The summed E-state index contributed by atoms with van der Waals surface area (Å²) in [5.41, 5.74) is 27.1. The first-order valence-electron chi connectivity index (χ1n) is 30.8. The molecule has 0 bridgehead atoms. The first-order valence-corrected chi connectivity index (χ1v) is 30.8. The van der Waals surface area contributed by atoms with Crippen molar-refractivity contribution in [2.24, 2.45) is 0 Å². The predicted octanol–water partition coefficient (Wildman–Crippen LogP) is 21.4. The molecular formula is C84H52N6. The summed E-state index contributed by atoms with van der Waals surface area (Å²) in [6.45, 7) is 0. The van der Waals surface area contributed by atoms with Gasteiger partial charge < -0.3 is 14.0 Å². The highest BCUT2D eigenvalue weighted by molar-refractivity contribution is 6.13. The molecule has 1 aliphatic carbocycles. The highest BCUT2D eigenvalue weighted by atomic mass is 15.2. The maximum Gasteiger partial charge on any atom is 0.123 e. The molecule has 418 valence electrons. The molecule has 2 aliphatic rings. The summed E-state index contributed by atoms with van der Waals surface area (Å²) in [6.07, 6.45) is 2.41. The number of anilines is 2. The molecule has 19 rings (SSSR count). The summed E-state index contributed by atoms with van der Waals surface area (Å²) in [4.78, 5) is 2.52. The lowest BCUT2D eigenvalue weighted by Crippen LogP contribution is -2.18. The highest BCUT2D eigenvalue weighted by Crippen LogP contribution is 2.59. The first-order chi connectivity index (χ1) is 44.6. The monoisotopic (exact) mass is 1140 g/mol. The van der Waals surface area contributed by atoms with E-state index in [0.717, 1.165) is 139 Å². The number of imidazole rings is 1. The standard InChI is InChI=1S/C84H52N6/c85-52-69-83(89-70-33-17-13-29-63(70)64-30-14-18-34-71(64)89)79(86-74-43-41-58(54-23-7-2-8-24-54)46-68(74)82-67-45-57(53-21-5-1-6-22-53)37-39-61(67)49-78(82)86)51-80(84(69)90-72-35-19-15-31-65(72)66-32-16-20-36-73(66)90)87-75-44-42-60(56-27-11-4-12-28-56)48-77(75)88-76-47-59(55-25-9-3-10-26-55)38-40-62(76)50-81(87)88/h1-51,82H. The van der Waals surface area contributed by atoms with E-state index in [1.807, 2.05) is 0 Å². The van der Waals surface area contributed by atoms with Crippen molar-refractivity contribution >= 4 is 88.6 Å². The van der Waals surface area contributed by atoms with Crippen molar-refractivity contribution in [1.29, 1.82) is 5.26 Å². The molecule has 0 fully saturated rings. The Bertz CT molecular complexity index is 5810. The van der Waals surface area contributed by atoms with Crippen LogP contribution in [0.3, 0.4) is 0 Å². The van der Waals surface area contributed by atoms with Gasteiger partial charge in [0.1, 0.15) is 17.3 Å². The smallest absolute Gasteiger partial charge is 0.123 e. The predicted molar refractivity (Wildman–Crippen MR) is 372 cm³/mol. The number of para-hydroxylation sites is 4. The number of nitrogens with zero attached hydrogens (tertiary/aromatic N) is 6. The minimum Gasteiger partial charge on any atom is -0.311 e. The minimum absolute atomic E-state index is 0.135. The van der Waals surface area contributed by atoms with Gasteiger partial charge in [-0.05, 0) is 140 Å². The third kappa shape index (κ3) is 7.26. The normalized spacial score (nSPS) is 13.5. The van der Waals surface area contributed by atoms with Gasteiger partial charge >= 0.3 is 0 Å². The van der Waals surface area contributed by atoms with E-state index in [0.29, 0.717) is 5.56 Å². The second kappa shape index (κ2) is 19.4. The molecule has 17 aromatic rings. The van der Waals surface area contributed by atoms with Crippen molar-refractivity contribution in [2.45, 2.75) is 5.92 Å². The fraction of sp³-hybridized carbons (Fsp3) is 0.0119. The van der Waals surface area contributed by atoms with E-state index in [1.54, 1.807) is 0 Å². The van der Waals surface area contributed by atoms with E-state index >= 15 is 0 Å². The zero-order valence-electron chi connectivity index (χ0n) is 48.7. The zero-order chi connectivity index (χ0) is 59.1. The number of hydrogen-bond donors (Lipinski definition) is 0. The zero-order valence-corrected chi connectivity index (χ0v) is 48.7. The lowest BCUT2D eigenvalue weighted by Gasteiger charge is -2.30. The summed E-state index contributed by atoms with van der Waals surface area (Å²) < 4.78 is 9.70. The van der Waals surface area contributed by atoms with E-state index < -0.39 is 0 Å². The Kier molecular flexibility index (Phi) is 10.8. The number of hydrogen-bond acceptors (Lipinski definition) is 2. The molecule has 13 aromatic carbocycles. The van der Waals surface area contributed by atoms with E-state index in [4.69, 9.17) is 0 Å².